The minimum atomic E-state index is -2.92. The molecule has 3 N–H and O–H groups in total. The van der Waals surface area contributed by atoms with E-state index in [0.29, 0.717) is 6.42 Å². The maximum absolute atomic E-state index is 12.7. The molecule has 0 saturated carbocycles. The van der Waals surface area contributed by atoms with Gasteiger partial charge in [-0.15, -0.1) is 0 Å². The molecule has 0 spiro atoms. The van der Waals surface area contributed by atoms with Gasteiger partial charge in [-0.05, 0) is 28.6 Å². The lowest BCUT2D eigenvalue weighted by Crippen LogP contribution is -2.65. The predicted octanol–water partition coefficient (Wildman–Crippen LogP) is 3.27. The molecule has 3 rings (SSSR count). The third-order valence-corrected chi connectivity index (χ3v) is 17.9. The summed E-state index contributed by atoms with van der Waals surface area (Å²) in [6, 6.07) is 1.29. The molecule has 1 aromatic heterocycles. The average Bonchev–Trinajstić information content (AvgIpc) is 3.07. The van der Waals surface area contributed by atoms with Crippen LogP contribution in [-0.4, -0.2) is 51.4 Å². The van der Waals surface area contributed by atoms with Crippen LogP contribution in [0.25, 0.3) is 0 Å². The summed E-state index contributed by atoms with van der Waals surface area (Å²) in [5.41, 5.74) is 5.06. The number of H-pyrrole nitrogens is 1. The summed E-state index contributed by atoms with van der Waals surface area (Å²) in [6.07, 6.45) is 0.234. The molecule has 0 aliphatic carbocycles. The number of fused-ring (bicyclic) bond motifs is 1. The molecule has 2 aliphatic heterocycles. The number of nitrogens with zero attached hydrogens (tertiary/aromatic N) is 1. The number of ether oxygens (including phenoxy) is 1. The minimum absolute atomic E-state index is 0.117. The fourth-order valence-electron chi connectivity index (χ4n) is 5.75. The van der Waals surface area contributed by atoms with Crippen molar-refractivity contribution < 1.29 is 22.5 Å². The van der Waals surface area contributed by atoms with Crippen molar-refractivity contribution >= 4 is 23.0 Å². The molecule has 204 valence electrons. The number of hydrogen-bond donors (Lipinski definition) is 2. The predicted molar refractivity (Wildman–Crippen MR) is 141 cm³/mol. The Bertz CT molecular complexity index is 1020. The quantitative estimate of drug-likeness (QED) is 0.482. The van der Waals surface area contributed by atoms with E-state index in [4.69, 9.17) is 23.4 Å². The molecule has 2 fully saturated rings. The monoisotopic (exact) mass is 541 g/mol. The smallest absolute Gasteiger partial charge is 0.335 e. The molecular formula is C24H43N3O7Si2. The summed E-state index contributed by atoms with van der Waals surface area (Å²) in [5.74, 6) is -0.804. The molecule has 36 heavy (non-hydrogen) atoms. The molecule has 3 heterocycles. The number of primary amides is 1. The van der Waals surface area contributed by atoms with Crippen molar-refractivity contribution in [3.63, 3.8) is 0 Å². The van der Waals surface area contributed by atoms with Gasteiger partial charge in [0, 0.05) is 24.6 Å². The van der Waals surface area contributed by atoms with Crippen LogP contribution in [0, 0.1) is 5.92 Å². The van der Waals surface area contributed by atoms with E-state index in [2.05, 4.69) is 60.4 Å². The van der Waals surface area contributed by atoms with E-state index in [-0.39, 0.29) is 41.1 Å². The van der Waals surface area contributed by atoms with Gasteiger partial charge in [0.15, 0.2) is 0 Å². The van der Waals surface area contributed by atoms with Crippen molar-refractivity contribution in [3.8, 4) is 0 Å². The molecule has 12 heteroatoms. The van der Waals surface area contributed by atoms with Gasteiger partial charge in [-0.1, -0.05) is 55.4 Å². The van der Waals surface area contributed by atoms with Crippen molar-refractivity contribution in [1.29, 1.82) is 0 Å². The molecule has 0 unspecified atom stereocenters. The maximum atomic E-state index is 12.7. The Morgan fingerprint density at radius 3 is 2.14 bits per heavy atom. The number of aromatic amines is 1. The summed E-state index contributed by atoms with van der Waals surface area (Å²) in [5, 5.41) is 0. The number of amides is 1. The normalized spacial score (nSPS) is 27.9. The van der Waals surface area contributed by atoms with E-state index in [9.17, 15) is 14.4 Å². The summed E-state index contributed by atoms with van der Waals surface area (Å²) in [7, 11) is -5.67. The SMILES string of the molecule is CC(C)[Si]1(C(C)C)OC[C@H]2O[C@@H](n3ccc(=O)[nH]c3=O)[C@H](CCC(N)=O)[C@@H]2O[Si](C(C)C)(C(C)C)O1. The second-order valence-corrected chi connectivity index (χ2v) is 20.2. The maximum Gasteiger partial charge on any atom is 0.335 e. The molecule has 0 aromatic carbocycles. The van der Waals surface area contributed by atoms with Crippen LogP contribution in [0.4, 0.5) is 0 Å². The third-order valence-electron chi connectivity index (χ3n) is 7.65. The fraction of sp³-hybridized carbons (Fsp3) is 0.792. The number of nitrogens with two attached hydrogens (primary N) is 1. The first-order valence-electron chi connectivity index (χ1n) is 13.0. The van der Waals surface area contributed by atoms with Crippen LogP contribution in [0.1, 0.15) is 74.5 Å². The zero-order valence-electron chi connectivity index (χ0n) is 22.8. The van der Waals surface area contributed by atoms with Crippen LogP contribution >= 0.6 is 0 Å². The molecule has 10 nitrogen and oxygen atoms in total. The standard InChI is InChI=1S/C24H43N3O7Si2/c1-14(2)35(15(3)4)31-13-19-22(33-36(34-35,16(5)6)17(7)8)18(9-10-20(25)28)23(32-19)27-12-11-21(29)26-24(27)30/h11-12,14-19,22-23H,9-10,13H2,1-8H3,(H2,25,28)(H,26,29,30)/t18-,19-,22+,23-/m1/s1. The number of carbonyl (C=O) groups is 1. The number of rotatable bonds is 8. The largest absolute Gasteiger partial charge is 0.414 e. The van der Waals surface area contributed by atoms with Gasteiger partial charge in [0.05, 0.1) is 12.7 Å². The van der Waals surface area contributed by atoms with E-state index in [0.717, 1.165) is 0 Å². The lowest BCUT2D eigenvalue weighted by atomic mass is 9.94. The number of nitrogens with one attached hydrogen (secondary N) is 1. The van der Waals surface area contributed by atoms with Gasteiger partial charge >= 0.3 is 22.8 Å². The molecule has 2 aliphatic rings. The highest BCUT2D eigenvalue weighted by Crippen LogP contribution is 2.50. The highest BCUT2D eigenvalue weighted by atomic mass is 28.5. The van der Waals surface area contributed by atoms with Crippen LogP contribution in [0.3, 0.4) is 0 Å². The summed E-state index contributed by atoms with van der Waals surface area (Å²) >= 11 is 0. The molecule has 1 amide bonds. The first kappa shape index (κ1) is 29.0. The molecule has 1 aromatic rings. The third kappa shape index (κ3) is 5.34. The number of carbonyl (C=O) groups excluding carboxylic acids is 1. The zero-order valence-corrected chi connectivity index (χ0v) is 24.8. The molecule has 2 saturated heterocycles. The van der Waals surface area contributed by atoms with Gasteiger partial charge < -0.3 is 23.4 Å². The molecular weight excluding hydrogens is 498 g/mol. The van der Waals surface area contributed by atoms with Crippen LogP contribution in [-0.2, 0) is 22.5 Å². The van der Waals surface area contributed by atoms with E-state index in [1.54, 1.807) is 0 Å². The average molecular weight is 542 g/mol. The Balaban J connectivity index is 2.15. The van der Waals surface area contributed by atoms with E-state index >= 15 is 0 Å². The Kier molecular flexibility index (Phi) is 8.89. The van der Waals surface area contributed by atoms with Crippen molar-refractivity contribution in [2.75, 3.05) is 6.61 Å². The Labute approximate surface area is 215 Å². The molecule has 4 atom stereocenters. The van der Waals surface area contributed by atoms with Crippen molar-refractivity contribution in [1.82, 2.24) is 9.55 Å². The van der Waals surface area contributed by atoms with E-state index in [1.807, 2.05) is 0 Å². The van der Waals surface area contributed by atoms with Crippen LogP contribution < -0.4 is 17.0 Å². The summed E-state index contributed by atoms with van der Waals surface area (Å²) < 4.78 is 29.0. The minimum Gasteiger partial charge on any atom is -0.414 e. The second kappa shape index (κ2) is 11.0. The lowest BCUT2D eigenvalue weighted by molar-refractivity contribution is -0.118. The van der Waals surface area contributed by atoms with Crippen molar-refractivity contribution in [2.24, 2.45) is 11.7 Å². The van der Waals surface area contributed by atoms with Gasteiger partial charge in [-0.3, -0.25) is 19.1 Å². The molecule has 0 bridgehead atoms. The Morgan fingerprint density at radius 1 is 1.06 bits per heavy atom. The van der Waals surface area contributed by atoms with Crippen molar-refractivity contribution in [3.05, 3.63) is 33.1 Å². The topological polar surface area (TPSA) is 135 Å². The van der Waals surface area contributed by atoms with E-state index < -0.39 is 52.7 Å². The van der Waals surface area contributed by atoms with E-state index in [1.165, 1.54) is 16.8 Å². The van der Waals surface area contributed by atoms with Crippen LogP contribution in [0.5, 0.6) is 0 Å². The van der Waals surface area contributed by atoms with Crippen LogP contribution in [0.15, 0.2) is 21.9 Å². The Morgan fingerprint density at radius 2 is 1.64 bits per heavy atom. The van der Waals surface area contributed by atoms with Gasteiger partial charge in [0.2, 0.25) is 5.91 Å². The molecule has 0 radical (unpaired) electrons. The summed E-state index contributed by atoms with van der Waals surface area (Å²) in [6.45, 7) is 17.4. The van der Waals surface area contributed by atoms with Gasteiger partial charge in [0.1, 0.15) is 12.3 Å². The number of aromatic nitrogens is 2. The number of hydrogen-bond acceptors (Lipinski definition) is 7. The zero-order chi connectivity index (χ0) is 27.0. The van der Waals surface area contributed by atoms with Crippen molar-refractivity contribution in [2.45, 2.75) is 109 Å². The second-order valence-electron chi connectivity index (χ2n) is 11.3. The first-order valence-corrected chi connectivity index (χ1v) is 17.0. The van der Waals surface area contributed by atoms with Gasteiger partial charge in [0.25, 0.3) is 5.56 Å². The lowest BCUT2D eigenvalue weighted by Gasteiger charge is -2.51. The first-order chi connectivity index (χ1) is 16.7. The highest BCUT2D eigenvalue weighted by Gasteiger charge is 2.61. The Hall–Kier alpha value is -1.58. The highest BCUT2D eigenvalue weighted by molar-refractivity contribution is 6.83. The van der Waals surface area contributed by atoms with Gasteiger partial charge in [-0.2, -0.15) is 0 Å². The fourth-order valence-corrected chi connectivity index (χ4v) is 17.0. The van der Waals surface area contributed by atoms with Gasteiger partial charge in [-0.25, -0.2) is 4.79 Å². The summed E-state index contributed by atoms with van der Waals surface area (Å²) in [4.78, 5) is 38.5. The van der Waals surface area contributed by atoms with Crippen LogP contribution in [0.2, 0.25) is 22.2 Å².